The molecule has 1 aliphatic carbocycles. The molecule has 0 bridgehead atoms. The predicted molar refractivity (Wildman–Crippen MR) is 50.3 cm³/mol. The van der Waals surface area contributed by atoms with Gasteiger partial charge in [0.1, 0.15) is 6.04 Å². The third kappa shape index (κ3) is 1.84. The molecular formula is C9H18N2O2. The fraction of sp³-hybridized carbons (Fsp3) is 0.889. The number of nitrogens with two attached hydrogens (primary N) is 1. The van der Waals surface area contributed by atoms with Gasteiger partial charge in [0, 0.05) is 12.1 Å². The number of methoxy groups -OCH3 is 1. The number of carbonyl (C=O) groups excluding carboxylic acids is 1. The van der Waals surface area contributed by atoms with Gasteiger partial charge in [0.05, 0.1) is 7.11 Å². The molecule has 1 fully saturated rings. The van der Waals surface area contributed by atoms with Gasteiger partial charge >= 0.3 is 5.97 Å². The van der Waals surface area contributed by atoms with Gasteiger partial charge in [-0.15, -0.1) is 0 Å². The van der Waals surface area contributed by atoms with Gasteiger partial charge in [0.2, 0.25) is 0 Å². The Balaban J connectivity index is 2.56. The van der Waals surface area contributed by atoms with Crippen LogP contribution in [0.15, 0.2) is 0 Å². The van der Waals surface area contributed by atoms with E-state index in [0.29, 0.717) is 6.54 Å². The molecule has 4 heteroatoms. The third-order valence-electron chi connectivity index (χ3n) is 3.08. The molecule has 76 valence electrons. The van der Waals surface area contributed by atoms with Gasteiger partial charge in [-0.05, 0) is 26.8 Å². The molecule has 0 amide bonds. The molecule has 0 radical (unpaired) electrons. The summed E-state index contributed by atoms with van der Waals surface area (Å²) < 4.78 is 4.68. The number of hydrogen-bond donors (Lipinski definition) is 1. The maximum atomic E-state index is 11.2. The molecule has 2 N–H and O–H groups in total. The van der Waals surface area contributed by atoms with Gasteiger partial charge in [0.15, 0.2) is 0 Å². The average Bonchev–Trinajstić information content (AvgIpc) is 2.95. The number of esters is 1. The molecule has 0 spiro atoms. The first-order chi connectivity index (χ1) is 6.07. The van der Waals surface area contributed by atoms with E-state index >= 15 is 0 Å². The van der Waals surface area contributed by atoms with Gasteiger partial charge in [-0.25, -0.2) is 0 Å². The van der Waals surface area contributed by atoms with Crippen LogP contribution in [0.25, 0.3) is 0 Å². The topological polar surface area (TPSA) is 55.6 Å². The second kappa shape index (κ2) is 3.64. The van der Waals surface area contributed by atoms with Crippen LogP contribution >= 0.6 is 0 Å². The summed E-state index contributed by atoms with van der Waals surface area (Å²) in [7, 11) is 3.34. The van der Waals surface area contributed by atoms with Gasteiger partial charge in [-0.2, -0.15) is 0 Å². The van der Waals surface area contributed by atoms with E-state index in [0.717, 1.165) is 12.8 Å². The molecular weight excluding hydrogens is 168 g/mol. The Morgan fingerprint density at radius 1 is 1.69 bits per heavy atom. The van der Waals surface area contributed by atoms with Crippen LogP contribution in [0.4, 0.5) is 0 Å². The van der Waals surface area contributed by atoms with E-state index in [-0.39, 0.29) is 17.6 Å². The summed E-state index contributed by atoms with van der Waals surface area (Å²) in [5, 5.41) is 0. The predicted octanol–water partition coefficient (Wildman–Crippen LogP) is -0.0290. The van der Waals surface area contributed by atoms with E-state index in [2.05, 4.69) is 4.74 Å². The van der Waals surface area contributed by atoms with E-state index in [4.69, 9.17) is 5.73 Å². The number of hydrogen-bond acceptors (Lipinski definition) is 4. The van der Waals surface area contributed by atoms with Crippen molar-refractivity contribution in [1.82, 2.24) is 4.90 Å². The Morgan fingerprint density at radius 2 is 2.23 bits per heavy atom. The number of nitrogens with zero attached hydrogens (tertiary/aromatic N) is 1. The molecule has 0 heterocycles. The molecule has 0 aliphatic heterocycles. The average molecular weight is 186 g/mol. The second-order valence-corrected chi connectivity index (χ2v) is 3.74. The minimum absolute atomic E-state index is 0.0631. The summed E-state index contributed by atoms with van der Waals surface area (Å²) in [4.78, 5) is 13.3. The highest BCUT2D eigenvalue weighted by molar-refractivity contribution is 5.75. The van der Waals surface area contributed by atoms with E-state index in [1.807, 2.05) is 18.9 Å². The zero-order chi connectivity index (χ0) is 10.1. The molecule has 0 aromatic heterocycles. The van der Waals surface area contributed by atoms with E-state index in [1.165, 1.54) is 7.11 Å². The van der Waals surface area contributed by atoms with Gasteiger partial charge < -0.3 is 10.5 Å². The SMILES string of the molecule is COC(=O)C(C)N(C)C1(CN)CC1. The Kier molecular flexibility index (Phi) is 2.93. The minimum Gasteiger partial charge on any atom is -0.468 e. The van der Waals surface area contributed by atoms with Crippen molar-refractivity contribution in [2.24, 2.45) is 5.73 Å². The molecule has 1 aliphatic rings. The van der Waals surface area contributed by atoms with Gasteiger partial charge in [0.25, 0.3) is 0 Å². The highest BCUT2D eigenvalue weighted by atomic mass is 16.5. The number of ether oxygens (including phenoxy) is 1. The number of carbonyl (C=O) groups is 1. The third-order valence-corrected chi connectivity index (χ3v) is 3.08. The second-order valence-electron chi connectivity index (χ2n) is 3.74. The zero-order valence-corrected chi connectivity index (χ0v) is 8.54. The first-order valence-electron chi connectivity index (χ1n) is 4.58. The van der Waals surface area contributed by atoms with Crippen LogP contribution in [0.1, 0.15) is 19.8 Å². The van der Waals surface area contributed by atoms with Crippen molar-refractivity contribution in [2.45, 2.75) is 31.3 Å². The van der Waals surface area contributed by atoms with Crippen molar-refractivity contribution in [2.75, 3.05) is 20.7 Å². The van der Waals surface area contributed by atoms with Crippen LogP contribution in [-0.4, -0.2) is 43.2 Å². The standard InChI is InChI=1S/C9H18N2O2/c1-7(8(12)13-3)11(2)9(6-10)4-5-9/h7H,4-6,10H2,1-3H3. The molecule has 1 saturated carbocycles. The molecule has 0 aromatic rings. The summed E-state index contributed by atoms with van der Waals surface area (Å²) >= 11 is 0. The number of likely N-dealkylation sites (N-methyl/N-ethyl adjacent to an activating group) is 1. The van der Waals surface area contributed by atoms with Crippen molar-refractivity contribution >= 4 is 5.97 Å². The summed E-state index contributed by atoms with van der Waals surface area (Å²) in [6.45, 7) is 2.46. The fourth-order valence-corrected chi connectivity index (χ4v) is 1.58. The van der Waals surface area contributed by atoms with Crippen LogP contribution < -0.4 is 5.73 Å². The lowest BCUT2D eigenvalue weighted by Gasteiger charge is -2.30. The first kappa shape index (κ1) is 10.5. The van der Waals surface area contributed by atoms with Gasteiger partial charge in [-0.3, -0.25) is 9.69 Å². The quantitative estimate of drug-likeness (QED) is 0.626. The Bertz CT molecular complexity index is 202. The molecule has 13 heavy (non-hydrogen) atoms. The van der Waals surface area contributed by atoms with Crippen LogP contribution in [0.2, 0.25) is 0 Å². The van der Waals surface area contributed by atoms with Crippen molar-refractivity contribution in [3.63, 3.8) is 0 Å². The van der Waals surface area contributed by atoms with Crippen LogP contribution in [-0.2, 0) is 9.53 Å². The molecule has 4 nitrogen and oxygen atoms in total. The molecule has 0 saturated heterocycles. The molecule has 1 atom stereocenters. The first-order valence-corrected chi connectivity index (χ1v) is 4.58. The zero-order valence-electron chi connectivity index (χ0n) is 8.54. The van der Waals surface area contributed by atoms with E-state index < -0.39 is 0 Å². The lowest BCUT2D eigenvalue weighted by Crippen LogP contribution is -2.48. The minimum atomic E-state index is -0.198. The summed E-state index contributed by atoms with van der Waals surface area (Å²) in [5.74, 6) is -0.192. The summed E-state index contributed by atoms with van der Waals surface area (Å²) in [6, 6.07) is -0.198. The highest BCUT2D eigenvalue weighted by Crippen LogP contribution is 2.40. The van der Waals surface area contributed by atoms with Crippen LogP contribution in [0.3, 0.4) is 0 Å². The Labute approximate surface area is 79.0 Å². The summed E-state index contributed by atoms with van der Waals surface area (Å²) in [5.41, 5.74) is 5.72. The van der Waals surface area contributed by atoms with Crippen molar-refractivity contribution < 1.29 is 9.53 Å². The molecule has 1 rings (SSSR count). The van der Waals surface area contributed by atoms with Crippen LogP contribution in [0.5, 0.6) is 0 Å². The molecule has 1 unspecified atom stereocenters. The molecule has 0 aromatic carbocycles. The van der Waals surface area contributed by atoms with E-state index in [1.54, 1.807) is 0 Å². The number of rotatable bonds is 4. The van der Waals surface area contributed by atoms with Crippen molar-refractivity contribution in [3.8, 4) is 0 Å². The monoisotopic (exact) mass is 186 g/mol. The smallest absolute Gasteiger partial charge is 0.322 e. The van der Waals surface area contributed by atoms with Crippen molar-refractivity contribution in [3.05, 3.63) is 0 Å². The van der Waals surface area contributed by atoms with Crippen LogP contribution in [0, 0.1) is 0 Å². The fourth-order valence-electron chi connectivity index (χ4n) is 1.58. The normalized spacial score (nSPS) is 21.3. The summed E-state index contributed by atoms with van der Waals surface area (Å²) in [6.07, 6.45) is 2.17. The maximum Gasteiger partial charge on any atom is 0.322 e. The maximum absolute atomic E-state index is 11.2. The Hall–Kier alpha value is -0.610. The highest BCUT2D eigenvalue weighted by Gasteiger charge is 2.47. The van der Waals surface area contributed by atoms with Gasteiger partial charge in [-0.1, -0.05) is 0 Å². The lowest BCUT2D eigenvalue weighted by molar-refractivity contribution is -0.146. The van der Waals surface area contributed by atoms with E-state index in [9.17, 15) is 4.79 Å². The lowest BCUT2D eigenvalue weighted by atomic mass is 10.2. The van der Waals surface area contributed by atoms with Crippen molar-refractivity contribution in [1.29, 1.82) is 0 Å². The Morgan fingerprint density at radius 3 is 2.54 bits per heavy atom. The largest absolute Gasteiger partial charge is 0.468 e.